The first-order chi connectivity index (χ1) is 5.75. The number of hydrogen-bond acceptors (Lipinski definition) is 4. The Morgan fingerprint density at radius 1 is 1.83 bits per heavy atom. The van der Waals surface area contributed by atoms with Crippen molar-refractivity contribution < 1.29 is 9.53 Å². The van der Waals surface area contributed by atoms with Crippen LogP contribution in [0.1, 0.15) is 25.5 Å². The highest BCUT2D eigenvalue weighted by Gasteiger charge is 2.17. The predicted molar refractivity (Wildman–Crippen MR) is 47.2 cm³/mol. The highest BCUT2D eigenvalue weighted by molar-refractivity contribution is 7.07. The van der Waals surface area contributed by atoms with Crippen LogP contribution in [0.25, 0.3) is 0 Å². The lowest BCUT2D eigenvalue weighted by molar-refractivity contribution is -0.144. The fourth-order valence-electron chi connectivity index (χ4n) is 0.824. The molecule has 66 valence electrons. The molecule has 1 atom stereocenters. The lowest BCUT2D eigenvalue weighted by Gasteiger charge is -2.06. The molecule has 0 bridgehead atoms. The van der Waals surface area contributed by atoms with E-state index >= 15 is 0 Å². The number of carbonyl (C=O) groups excluding carboxylic acids is 1. The molecular formula is C8H11NO2S. The quantitative estimate of drug-likeness (QED) is 0.674. The smallest absolute Gasteiger partial charge is 0.314 e. The molecule has 0 aliphatic heterocycles. The topological polar surface area (TPSA) is 39.2 Å². The van der Waals surface area contributed by atoms with E-state index in [-0.39, 0.29) is 11.9 Å². The van der Waals surface area contributed by atoms with E-state index < -0.39 is 0 Å². The zero-order valence-corrected chi connectivity index (χ0v) is 7.93. The summed E-state index contributed by atoms with van der Waals surface area (Å²) in [7, 11) is 0. The molecule has 0 unspecified atom stereocenters. The van der Waals surface area contributed by atoms with Crippen molar-refractivity contribution in [3.8, 4) is 0 Å². The molecule has 0 amide bonds. The second kappa shape index (κ2) is 4.21. The largest absolute Gasteiger partial charge is 0.465 e. The molecule has 3 nitrogen and oxygen atoms in total. The van der Waals surface area contributed by atoms with Gasteiger partial charge in [-0.25, -0.2) is 4.98 Å². The third-order valence-electron chi connectivity index (χ3n) is 1.54. The van der Waals surface area contributed by atoms with Crippen molar-refractivity contribution in [1.29, 1.82) is 0 Å². The summed E-state index contributed by atoms with van der Waals surface area (Å²) >= 11 is 1.48. The zero-order chi connectivity index (χ0) is 8.97. The maximum absolute atomic E-state index is 11.2. The van der Waals surface area contributed by atoms with Gasteiger partial charge in [0, 0.05) is 5.38 Å². The number of rotatable bonds is 3. The van der Waals surface area contributed by atoms with Gasteiger partial charge >= 0.3 is 5.97 Å². The van der Waals surface area contributed by atoms with Gasteiger partial charge in [0.2, 0.25) is 0 Å². The molecule has 1 rings (SSSR count). The van der Waals surface area contributed by atoms with Gasteiger partial charge in [0.1, 0.15) is 0 Å². The van der Waals surface area contributed by atoms with Crippen LogP contribution in [0, 0.1) is 0 Å². The van der Waals surface area contributed by atoms with Crippen LogP contribution < -0.4 is 0 Å². The van der Waals surface area contributed by atoms with Gasteiger partial charge in [0.25, 0.3) is 0 Å². The van der Waals surface area contributed by atoms with Crippen molar-refractivity contribution in [2.24, 2.45) is 0 Å². The Bertz CT molecular complexity index is 246. The Morgan fingerprint density at radius 3 is 3.08 bits per heavy atom. The van der Waals surface area contributed by atoms with E-state index in [1.807, 2.05) is 5.38 Å². The molecule has 0 fully saturated rings. The third kappa shape index (κ3) is 2.04. The first-order valence-corrected chi connectivity index (χ1v) is 4.74. The predicted octanol–water partition coefficient (Wildman–Crippen LogP) is 1.81. The normalized spacial score (nSPS) is 12.5. The fraction of sp³-hybridized carbons (Fsp3) is 0.500. The van der Waals surface area contributed by atoms with Crippen molar-refractivity contribution in [2.45, 2.75) is 19.8 Å². The van der Waals surface area contributed by atoms with Gasteiger partial charge in [-0.1, -0.05) is 0 Å². The number of aromatic nitrogens is 1. The zero-order valence-electron chi connectivity index (χ0n) is 7.11. The second-order valence-electron chi connectivity index (χ2n) is 2.39. The van der Waals surface area contributed by atoms with E-state index in [0.717, 1.165) is 5.69 Å². The Labute approximate surface area is 75.4 Å². The van der Waals surface area contributed by atoms with E-state index in [1.54, 1.807) is 19.4 Å². The van der Waals surface area contributed by atoms with Gasteiger partial charge in [-0.2, -0.15) is 0 Å². The van der Waals surface area contributed by atoms with Gasteiger partial charge in [0.05, 0.1) is 23.7 Å². The maximum Gasteiger partial charge on any atom is 0.314 e. The van der Waals surface area contributed by atoms with E-state index in [2.05, 4.69) is 4.98 Å². The number of esters is 1. The summed E-state index contributed by atoms with van der Waals surface area (Å²) in [5.74, 6) is -0.445. The van der Waals surface area contributed by atoms with Crippen molar-refractivity contribution in [3.63, 3.8) is 0 Å². The van der Waals surface area contributed by atoms with Gasteiger partial charge in [-0.05, 0) is 13.8 Å². The van der Waals surface area contributed by atoms with E-state index in [0.29, 0.717) is 6.61 Å². The van der Waals surface area contributed by atoms with Crippen LogP contribution in [0.15, 0.2) is 10.9 Å². The van der Waals surface area contributed by atoms with Crippen LogP contribution in [0.4, 0.5) is 0 Å². The van der Waals surface area contributed by atoms with Crippen LogP contribution in [-0.2, 0) is 9.53 Å². The highest BCUT2D eigenvalue weighted by Crippen LogP contribution is 2.15. The molecule has 0 aromatic carbocycles. The molecule has 0 saturated carbocycles. The average Bonchev–Trinajstić information content (AvgIpc) is 2.55. The molecule has 0 aliphatic carbocycles. The minimum atomic E-state index is -0.240. The maximum atomic E-state index is 11.2. The van der Waals surface area contributed by atoms with Crippen molar-refractivity contribution in [2.75, 3.05) is 6.61 Å². The number of thiazole rings is 1. The Kier molecular flexibility index (Phi) is 3.22. The molecule has 1 heterocycles. The first-order valence-electron chi connectivity index (χ1n) is 3.80. The summed E-state index contributed by atoms with van der Waals surface area (Å²) in [6.07, 6.45) is 0. The average molecular weight is 185 g/mol. The van der Waals surface area contributed by atoms with Gasteiger partial charge < -0.3 is 4.74 Å². The Balaban J connectivity index is 2.59. The molecule has 4 heteroatoms. The molecule has 0 saturated heterocycles. The Morgan fingerprint density at radius 2 is 2.58 bits per heavy atom. The number of ether oxygens (including phenoxy) is 1. The monoisotopic (exact) mass is 185 g/mol. The first kappa shape index (κ1) is 9.19. The fourth-order valence-corrected chi connectivity index (χ4v) is 1.47. The van der Waals surface area contributed by atoms with Crippen molar-refractivity contribution >= 4 is 17.3 Å². The third-order valence-corrected chi connectivity index (χ3v) is 2.14. The van der Waals surface area contributed by atoms with Crippen LogP contribution in [0.3, 0.4) is 0 Å². The second-order valence-corrected chi connectivity index (χ2v) is 3.11. The van der Waals surface area contributed by atoms with Gasteiger partial charge in [0.15, 0.2) is 0 Å². The summed E-state index contributed by atoms with van der Waals surface area (Å²) in [5, 5.41) is 1.86. The molecule has 1 aromatic heterocycles. The van der Waals surface area contributed by atoms with Crippen LogP contribution in [0.5, 0.6) is 0 Å². The number of nitrogens with zero attached hydrogens (tertiary/aromatic N) is 1. The van der Waals surface area contributed by atoms with E-state index in [4.69, 9.17) is 4.74 Å². The Hall–Kier alpha value is -0.900. The number of carbonyl (C=O) groups is 1. The lowest BCUT2D eigenvalue weighted by Crippen LogP contribution is -2.13. The van der Waals surface area contributed by atoms with E-state index in [9.17, 15) is 4.79 Å². The van der Waals surface area contributed by atoms with Crippen molar-refractivity contribution in [1.82, 2.24) is 4.98 Å². The van der Waals surface area contributed by atoms with Crippen LogP contribution in [-0.4, -0.2) is 17.6 Å². The summed E-state index contributed by atoms with van der Waals surface area (Å²) < 4.78 is 4.85. The van der Waals surface area contributed by atoms with E-state index in [1.165, 1.54) is 11.3 Å². The van der Waals surface area contributed by atoms with Crippen LogP contribution in [0.2, 0.25) is 0 Å². The molecule has 1 aromatic rings. The minimum Gasteiger partial charge on any atom is -0.465 e. The standard InChI is InChI=1S/C8H11NO2S/c1-3-11-8(10)6(2)7-4-12-5-9-7/h4-6H,3H2,1-2H3/t6-/m1/s1. The highest BCUT2D eigenvalue weighted by atomic mass is 32.1. The lowest BCUT2D eigenvalue weighted by atomic mass is 10.1. The summed E-state index contributed by atoms with van der Waals surface area (Å²) in [5.41, 5.74) is 2.50. The molecule has 0 spiro atoms. The molecule has 0 aliphatic rings. The molecular weight excluding hydrogens is 174 g/mol. The SMILES string of the molecule is CCOC(=O)[C@H](C)c1cscn1. The number of hydrogen-bond donors (Lipinski definition) is 0. The molecule has 0 radical (unpaired) electrons. The molecule has 12 heavy (non-hydrogen) atoms. The minimum absolute atomic E-state index is 0.205. The van der Waals surface area contributed by atoms with Crippen LogP contribution >= 0.6 is 11.3 Å². The van der Waals surface area contributed by atoms with Gasteiger partial charge in [-0.15, -0.1) is 11.3 Å². The van der Waals surface area contributed by atoms with Crippen molar-refractivity contribution in [3.05, 3.63) is 16.6 Å². The summed E-state index contributed by atoms with van der Waals surface area (Å²) in [6.45, 7) is 4.02. The van der Waals surface area contributed by atoms with Gasteiger partial charge in [-0.3, -0.25) is 4.79 Å². The summed E-state index contributed by atoms with van der Waals surface area (Å²) in [4.78, 5) is 15.2. The summed E-state index contributed by atoms with van der Waals surface area (Å²) in [6, 6.07) is 0. The molecule has 0 N–H and O–H groups in total.